The SMILES string of the molecule is Cc1nc(-c2ccccn2)sc1C(=O)OCC(=O)Nc1ccc(CC#N)cc1. The lowest BCUT2D eigenvalue weighted by Gasteiger charge is -2.06. The summed E-state index contributed by atoms with van der Waals surface area (Å²) in [4.78, 5) is 33.2. The van der Waals surface area contributed by atoms with Crippen LogP contribution in [0.4, 0.5) is 5.69 Å². The topological polar surface area (TPSA) is 105 Å². The number of esters is 1. The zero-order chi connectivity index (χ0) is 19.9. The Morgan fingerprint density at radius 3 is 2.68 bits per heavy atom. The molecule has 3 aromatic rings. The molecule has 0 unspecified atom stereocenters. The molecule has 0 atom stereocenters. The number of hydrogen-bond acceptors (Lipinski definition) is 7. The lowest BCUT2D eigenvalue weighted by atomic mass is 10.1. The smallest absolute Gasteiger partial charge is 0.350 e. The van der Waals surface area contributed by atoms with Gasteiger partial charge < -0.3 is 10.1 Å². The molecule has 0 radical (unpaired) electrons. The highest BCUT2D eigenvalue weighted by molar-refractivity contribution is 7.17. The van der Waals surface area contributed by atoms with E-state index in [9.17, 15) is 9.59 Å². The van der Waals surface area contributed by atoms with Crippen molar-refractivity contribution in [2.45, 2.75) is 13.3 Å². The van der Waals surface area contributed by atoms with Gasteiger partial charge in [0.15, 0.2) is 6.61 Å². The molecule has 8 heteroatoms. The first-order valence-corrected chi connectivity index (χ1v) is 9.20. The fraction of sp³-hybridized carbons (Fsp3) is 0.150. The summed E-state index contributed by atoms with van der Waals surface area (Å²) >= 11 is 1.18. The van der Waals surface area contributed by atoms with E-state index in [-0.39, 0.29) is 0 Å². The lowest BCUT2D eigenvalue weighted by Crippen LogP contribution is -2.20. The summed E-state index contributed by atoms with van der Waals surface area (Å²) in [5.74, 6) is -1.05. The van der Waals surface area contributed by atoms with Crippen molar-refractivity contribution in [3.8, 4) is 16.8 Å². The van der Waals surface area contributed by atoms with E-state index in [0.717, 1.165) is 5.56 Å². The van der Waals surface area contributed by atoms with Gasteiger partial charge in [0, 0.05) is 11.9 Å². The van der Waals surface area contributed by atoms with Crippen LogP contribution in [0.1, 0.15) is 20.9 Å². The van der Waals surface area contributed by atoms with Crippen LogP contribution in [0.3, 0.4) is 0 Å². The van der Waals surface area contributed by atoms with Crippen molar-refractivity contribution < 1.29 is 14.3 Å². The van der Waals surface area contributed by atoms with Crippen LogP contribution in [0.25, 0.3) is 10.7 Å². The Kier molecular flexibility index (Phi) is 6.09. The number of nitrogens with one attached hydrogen (secondary N) is 1. The fourth-order valence-electron chi connectivity index (χ4n) is 2.38. The Labute approximate surface area is 165 Å². The molecule has 1 aromatic carbocycles. The minimum Gasteiger partial charge on any atom is -0.451 e. The number of hydrogen-bond donors (Lipinski definition) is 1. The van der Waals surface area contributed by atoms with Crippen LogP contribution in [-0.2, 0) is 16.0 Å². The predicted molar refractivity (Wildman–Crippen MR) is 105 cm³/mol. The Morgan fingerprint density at radius 2 is 2.00 bits per heavy atom. The summed E-state index contributed by atoms with van der Waals surface area (Å²) in [5.41, 5.74) is 2.63. The number of rotatable bonds is 6. The molecule has 1 N–H and O–H groups in total. The van der Waals surface area contributed by atoms with Crippen molar-refractivity contribution in [2.24, 2.45) is 0 Å². The van der Waals surface area contributed by atoms with Crippen LogP contribution in [0, 0.1) is 18.3 Å². The van der Waals surface area contributed by atoms with E-state index in [1.165, 1.54) is 11.3 Å². The number of pyridine rings is 1. The molecule has 0 fully saturated rings. The third-order valence-electron chi connectivity index (χ3n) is 3.72. The minimum atomic E-state index is -0.600. The lowest BCUT2D eigenvalue weighted by molar-refractivity contribution is -0.119. The highest BCUT2D eigenvalue weighted by Crippen LogP contribution is 2.26. The molecule has 3 rings (SSSR count). The van der Waals surface area contributed by atoms with Gasteiger partial charge in [0.25, 0.3) is 5.91 Å². The number of carbonyl (C=O) groups excluding carboxylic acids is 2. The van der Waals surface area contributed by atoms with Crippen LogP contribution in [0.5, 0.6) is 0 Å². The van der Waals surface area contributed by atoms with Gasteiger partial charge in [-0.1, -0.05) is 18.2 Å². The number of nitriles is 1. The molecule has 1 amide bonds. The minimum absolute atomic E-state index is 0.306. The summed E-state index contributed by atoms with van der Waals surface area (Å²) in [7, 11) is 0. The molecule has 0 saturated heterocycles. The molecule has 0 bridgehead atoms. The summed E-state index contributed by atoms with van der Waals surface area (Å²) < 4.78 is 5.11. The average molecular weight is 392 g/mol. The molecule has 140 valence electrons. The first-order valence-electron chi connectivity index (χ1n) is 8.38. The van der Waals surface area contributed by atoms with E-state index in [2.05, 4.69) is 21.4 Å². The molecule has 0 aliphatic heterocycles. The monoisotopic (exact) mass is 392 g/mol. The number of anilines is 1. The first kappa shape index (κ1) is 19.2. The van der Waals surface area contributed by atoms with Crippen LogP contribution in [-0.4, -0.2) is 28.5 Å². The van der Waals surface area contributed by atoms with Crippen molar-refractivity contribution in [3.63, 3.8) is 0 Å². The highest BCUT2D eigenvalue weighted by Gasteiger charge is 2.19. The van der Waals surface area contributed by atoms with Gasteiger partial charge in [0.05, 0.1) is 23.9 Å². The van der Waals surface area contributed by atoms with Gasteiger partial charge in [-0.05, 0) is 36.8 Å². The largest absolute Gasteiger partial charge is 0.451 e. The Morgan fingerprint density at radius 1 is 1.21 bits per heavy atom. The third kappa shape index (κ3) is 4.78. The molecule has 0 aliphatic rings. The van der Waals surface area contributed by atoms with E-state index in [4.69, 9.17) is 10.00 Å². The molecular weight excluding hydrogens is 376 g/mol. The van der Waals surface area contributed by atoms with Crippen molar-refractivity contribution in [3.05, 3.63) is 64.8 Å². The molecule has 28 heavy (non-hydrogen) atoms. The normalized spacial score (nSPS) is 10.1. The second-order valence-electron chi connectivity index (χ2n) is 5.80. The fourth-order valence-corrected chi connectivity index (χ4v) is 3.31. The maximum absolute atomic E-state index is 12.3. The predicted octanol–water partition coefficient (Wildman–Crippen LogP) is 3.38. The standard InChI is InChI=1S/C20H16N4O3S/c1-13-18(28-19(23-13)16-4-2-3-11-22-16)20(26)27-12-17(25)24-15-7-5-14(6-8-15)9-10-21/h2-8,11H,9,12H2,1H3,(H,24,25). The second-order valence-corrected chi connectivity index (χ2v) is 6.80. The molecule has 2 aromatic heterocycles. The highest BCUT2D eigenvalue weighted by atomic mass is 32.1. The number of nitrogens with zero attached hydrogens (tertiary/aromatic N) is 3. The molecule has 0 aliphatic carbocycles. The maximum atomic E-state index is 12.3. The number of carbonyl (C=O) groups is 2. The van der Waals surface area contributed by atoms with Crippen LogP contribution in [0.2, 0.25) is 0 Å². The summed E-state index contributed by atoms with van der Waals surface area (Å²) in [6.45, 7) is 1.30. The zero-order valence-electron chi connectivity index (χ0n) is 15.0. The van der Waals surface area contributed by atoms with Crippen molar-refractivity contribution in [2.75, 3.05) is 11.9 Å². The number of thiazole rings is 1. The zero-order valence-corrected chi connectivity index (χ0v) is 15.8. The van der Waals surface area contributed by atoms with E-state index >= 15 is 0 Å². The van der Waals surface area contributed by atoms with Crippen molar-refractivity contribution >= 4 is 28.9 Å². The Balaban J connectivity index is 1.57. The summed E-state index contributed by atoms with van der Waals surface area (Å²) in [6, 6.07) is 14.4. The second kappa shape index (κ2) is 8.88. The van der Waals surface area contributed by atoms with Crippen molar-refractivity contribution in [1.29, 1.82) is 5.26 Å². The van der Waals surface area contributed by atoms with Gasteiger partial charge in [-0.15, -0.1) is 11.3 Å². The van der Waals surface area contributed by atoms with Gasteiger partial charge >= 0.3 is 5.97 Å². The van der Waals surface area contributed by atoms with E-state index < -0.39 is 18.5 Å². The van der Waals surface area contributed by atoms with Crippen molar-refractivity contribution in [1.82, 2.24) is 9.97 Å². The number of ether oxygens (including phenoxy) is 1. The summed E-state index contributed by atoms with van der Waals surface area (Å²) in [5, 5.41) is 11.9. The molecule has 7 nitrogen and oxygen atoms in total. The average Bonchev–Trinajstić information content (AvgIpc) is 3.10. The van der Waals surface area contributed by atoms with E-state index in [0.29, 0.717) is 33.4 Å². The summed E-state index contributed by atoms with van der Waals surface area (Å²) in [6.07, 6.45) is 1.96. The van der Waals surface area contributed by atoms with Crippen LogP contribution in [0.15, 0.2) is 48.7 Å². The number of benzene rings is 1. The van der Waals surface area contributed by atoms with Gasteiger partial charge in [-0.3, -0.25) is 9.78 Å². The Bertz CT molecular complexity index is 1020. The third-order valence-corrected chi connectivity index (χ3v) is 4.88. The molecule has 0 saturated carbocycles. The number of aromatic nitrogens is 2. The molecule has 0 spiro atoms. The number of amides is 1. The van der Waals surface area contributed by atoms with E-state index in [1.807, 2.05) is 12.1 Å². The van der Waals surface area contributed by atoms with Gasteiger partial charge in [0.2, 0.25) is 0 Å². The van der Waals surface area contributed by atoms with Crippen LogP contribution < -0.4 is 5.32 Å². The number of aryl methyl sites for hydroxylation is 1. The molecular formula is C20H16N4O3S. The van der Waals surface area contributed by atoms with E-state index in [1.54, 1.807) is 43.5 Å². The van der Waals surface area contributed by atoms with Gasteiger partial charge in [-0.25, -0.2) is 9.78 Å². The maximum Gasteiger partial charge on any atom is 0.350 e. The van der Waals surface area contributed by atoms with Gasteiger partial charge in [0.1, 0.15) is 9.88 Å². The quantitative estimate of drug-likeness (QED) is 0.645. The van der Waals surface area contributed by atoms with Gasteiger partial charge in [-0.2, -0.15) is 5.26 Å². The Hall–Kier alpha value is -3.57. The molecule has 2 heterocycles. The van der Waals surface area contributed by atoms with Crippen LogP contribution >= 0.6 is 11.3 Å². The first-order chi connectivity index (χ1) is 13.6.